The van der Waals surface area contributed by atoms with Crippen LogP contribution in [0.15, 0.2) is 24.3 Å². The number of rotatable bonds is 3. The standard InChI is InChI=1S/C11H10F3NO3/c12-11(13,14)18-9-3-1-8(2-4-9)7-15-5-6-17-10(15)16/h1-4H,5-7H2. The number of ether oxygens (including phenoxy) is 2. The minimum atomic E-state index is -4.69. The van der Waals surface area contributed by atoms with Gasteiger partial charge in [0.15, 0.2) is 0 Å². The SMILES string of the molecule is O=C1OCCN1Cc1ccc(OC(F)(F)F)cc1. The van der Waals surface area contributed by atoms with Crippen LogP contribution in [0.4, 0.5) is 18.0 Å². The van der Waals surface area contributed by atoms with Gasteiger partial charge >= 0.3 is 12.5 Å². The first-order valence-electron chi connectivity index (χ1n) is 5.20. The molecule has 1 aliphatic heterocycles. The van der Waals surface area contributed by atoms with E-state index < -0.39 is 12.5 Å². The molecular formula is C11H10F3NO3. The Bertz CT molecular complexity index is 430. The van der Waals surface area contributed by atoms with E-state index in [-0.39, 0.29) is 5.75 Å². The number of benzene rings is 1. The van der Waals surface area contributed by atoms with Crippen LogP contribution in [0.3, 0.4) is 0 Å². The Morgan fingerprint density at radius 1 is 1.28 bits per heavy atom. The molecule has 0 saturated carbocycles. The minimum absolute atomic E-state index is 0.282. The Balaban J connectivity index is 1.97. The molecule has 1 aromatic carbocycles. The average molecular weight is 261 g/mol. The Morgan fingerprint density at radius 2 is 1.94 bits per heavy atom. The fourth-order valence-corrected chi connectivity index (χ4v) is 1.59. The molecule has 0 unspecified atom stereocenters. The number of cyclic esters (lactones) is 1. The van der Waals surface area contributed by atoms with Crippen molar-refractivity contribution in [3.05, 3.63) is 29.8 Å². The van der Waals surface area contributed by atoms with E-state index in [4.69, 9.17) is 4.74 Å². The van der Waals surface area contributed by atoms with Gasteiger partial charge in [0.05, 0.1) is 6.54 Å². The Morgan fingerprint density at radius 3 is 2.44 bits per heavy atom. The van der Waals surface area contributed by atoms with Crippen LogP contribution in [0.2, 0.25) is 0 Å². The normalized spacial score (nSPS) is 15.7. The van der Waals surface area contributed by atoms with Gasteiger partial charge in [-0.2, -0.15) is 0 Å². The van der Waals surface area contributed by atoms with Gasteiger partial charge in [0.1, 0.15) is 12.4 Å². The summed E-state index contributed by atoms with van der Waals surface area (Å²) < 4.78 is 44.3. The largest absolute Gasteiger partial charge is 0.573 e. The maximum absolute atomic E-state index is 11.9. The van der Waals surface area contributed by atoms with Crippen molar-refractivity contribution in [3.8, 4) is 5.75 Å². The molecule has 7 heteroatoms. The molecule has 4 nitrogen and oxygen atoms in total. The highest BCUT2D eigenvalue weighted by molar-refractivity contribution is 5.69. The van der Waals surface area contributed by atoms with Crippen LogP contribution >= 0.6 is 0 Å². The predicted octanol–water partition coefficient (Wildman–Crippen LogP) is 2.54. The molecule has 1 heterocycles. The van der Waals surface area contributed by atoms with Gasteiger partial charge in [-0.3, -0.25) is 0 Å². The highest BCUT2D eigenvalue weighted by Crippen LogP contribution is 2.23. The highest BCUT2D eigenvalue weighted by atomic mass is 19.4. The number of nitrogens with zero attached hydrogens (tertiary/aromatic N) is 1. The van der Waals surface area contributed by atoms with Gasteiger partial charge in [-0.15, -0.1) is 13.2 Å². The smallest absolute Gasteiger partial charge is 0.448 e. The summed E-state index contributed by atoms with van der Waals surface area (Å²) in [6.45, 7) is 1.14. The van der Waals surface area contributed by atoms with E-state index >= 15 is 0 Å². The summed E-state index contributed by atoms with van der Waals surface area (Å²) in [4.78, 5) is 12.6. The van der Waals surface area contributed by atoms with E-state index in [9.17, 15) is 18.0 Å². The molecule has 0 bridgehead atoms. The molecule has 1 fully saturated rings. The highest BCUT2D eigenvalue weighted by Gasteiger charge is 2.31. The number of carbonyl (C=O) groups excluding carboxylic acids is 1. The molecule has 1 saturated heterocycles. The van der Waals surface area contributed by atoms with E-state index in [1.54, 1.807) is 0 Å². The molecule has 1 amide bonds. The lowest BCUT2D eigenvalue weighted by Crippen LogP contribution is -2.23. The van der Waals surface area contributed by atoms with E-state index in [1.807, 2.05) is 0 Å². The molecule has 0 radical (unpaired) electrons. The second kappa shape index (κ2) is 4.75. The Labute approximate surface area is 101 Å². The predicted molar refractivity (Wildman–Crippen MR) is 54.9 cm³/mol. The van der Waals surface area contributed by atoms with Crippen LogP contribution in [0.5, 0.6) is 5.75 Å². The van der Waals surface area contributed by atoms with Crippen molar-refractivity contribution in [1.82, 2.24) is 4.90 Å². The zero-order valence-corrected chi connectivity index (χ0v) is 9.24. The summed E-state index contributed by atoms with van der Waals surface area (Å²) in [7, 11) is 0. The van der Waals surface area contributed by atoms with Gasteiger partial charge in [0, 0.05) is 6.54 Å². The lowest BCUT2D eigenvalue weighted by molar-refractivity contribution is -0.274. The van der Waals surface area contributed by atoms with E-state index in [0.717, 1.165) is 0 Å². The van der Waals surface area contributed by atoms with Crippen LogP contribution in [-0.4, -0.2) is 30.5 Å². The summed E-state index contributed by atoms with van der Waals surface area (Å²) >= 11 is 0. The topological polar surface area (TPSA) is 38.8 Å². The molecular weight excluding hydrogens is 251 g/mol. The lowest BCUT2D eigenvalue weighted by Gasteiger charge is -2.13. The van der Waals surface area contributed by atoms with Gasteiger partial charge in [0.25, 0.3) is 0 Å². The first-order valence-corrected chi connectivity index (χ1v) is 5.20. The molecule has 18 heavy (non-hydrogen) atoms. The fraction of sp³-hybridized carbons (Fsp3) is 0.364. The lowest BCUT2D eigenvalue weighted by atomic mass is 10.2. The van der Waals surface area contributed by atoms with Crippen LogP contribution < -0.4 is 4.74 Å². The monoisotopic (exact) mass is 261 g/mol. The van der Waals surface area contributed by atoms with Gasteiger partial charge < -0.3 is 14.4 Å². The summed E-state index contributed by atoms with van der Waals surface area (Å²) in [6.07, 6.45) is -5.11. The quantitative estimate of drug-likeness (QED) is 0.839. The second-order valence-corrected chi connectivity index (χ2v) is 3.73. The van der Waals surface area contributed by atoms with Crippen molar-refractivity contribution < 1.29 is 27.4 Å². The van der Waals surface area contributed by atoms with Gasteiger partial charge in [0.2, 0.25) is 0 Å². The van der Waals surface area contributed by atoms with Crippen LogP contribution in [-0.2, 0) is 11.3 Å². The third-order valence-corrected chi connectivity index (χ3v) is 2.38. The van der Waals surface area contributed by atoms with Gasteiger partial charge in [-0.1, -0.05) is 12.1 Å². The van der Waals surface area contributed by atoms with Crippen LogP contribution in [0.1, 0.15) is 5.56 Å². The molecule has 0 aromatic heterocycles. The molecule has 1 aromatic rings. The van der Waals surface area contributed by atoms with Crippen molar-refractivity contribution in [2.24, 2.45) is 0 Å². The van der Waals surface area contributed by atoms with E-state index in [1.165, 1.54) is 29.2 Å². The first kappa shape index (κ1) is 12.5. The Kier molecular flexibility index (Phi) is 3.31. The summed E-state index contributed by atoms with van der Waals surface area (Å²) in [6, 6.07) is 5.38. The summed E-state index contributed by atoms with van der Waals surface area (Å²) in [5.41, 5.74) is 0.711. The number of alkyl halides is 3. The average Bonchev–Trinajstić information content (AvgIpc) is 2.65. The van der Waals surface area contributed by atoms with Crippen molar-refractivity contribution in [2.75, 3.05) is 13.2 Å². The molecule has 1 aliphatic rings. The zero-order chi connectivity index (χ0) is 13.2. The van der Waals surface area contributed by atoms with E-state index in [0.29, 0.717) is 25.3 Å². The molecule has 0 atom stereocenters. The van der Waals surface area contributed by atoms with Crippen LogP contribution in [0, 0.1) is 0 Å². The first-order chi connectivity index (χ1) is 8.44. The van der Waals surface area contributed by atoms with Crippen molar-refractivity contribution in [1.29, 1.82) is 0 Å². The Hall–Kier alpha value is -1.92. The molecule has 0 aliphatic carbocycles. The molecule has 2 rings (SSSR count). The third-order valence-electron chi connectivity index (χ3n) is 2.38. The maximum Gasteiger partial charge on any atom is 0.573 e. The summed E-state index contributed by atoms with van der Waals surface area (Å²) in [5, 5.41) is 0. The van der Waals surface area contributed by atoms with Crippen molar-refractivity contribution >= 4 is 6.09 Å². The van der Waals surface area contributed by atoms with Gasteiger partial charge in [-0.25, -0.2) is 4.79 Å². The van der Waals surface area contributed by atoms with E-state index in [2.05, 4.69) is 4.74 Å². The third kappa shape index (κ3) is 3.28. The number of hydrogen-bond acceptors (Lipinski definition) is 3. The maximum atomic E-state index is 11.9. The minimum Gasteiger partial charge on any atom is -0.448 e. The van der Waals surface area contributed by atoms with Crippen molar-refractivity contribution in [3.63, 3.8) is 0 Å². The molecule has 98 valence electrons. The molecule has 0 spiro atoms. The fourth-order valence-electron chi connectivity index (χ4n) is 1.59. The molecule has 0 N–H and O–H groups in total. The number of amides is 1. The summed E-state index contributed by atoms with van der Waals surface area (Å²) in [5.74, 6) is -0.282. The van der Waals surface area contributed by atoms with Gasteiger partial charge in [-0.05, 0) is 17.7 Å². The van der Waals surface area contributed by atoms with Crippen molar-refractivity contribution in [2.45, 2.75) is 12.9 Å². The number of halogens is 3. The number of hydrogen-bond donors (Lipinski definition) is 0. The number of carbonyl (C=O) groups is 1. The zero-order valence-electron chi connectivity index (χ0n) is 9.24. The second-order valence-electron chi connectivity index (χ2n) is 3.73. The van der Waals surface area contributed by atoms with Crippen LogP contribution in [0.25, 0.3) is 0 Å².